The highest BCUT2D eigenvalue weighted by molar-refractivity contribution is 9.10. The maximum atomic E-state index is 14.6. The van der Waals surface area contributed by atoms with Gasteiger partial charge in [0.2, 0.25) is 0 Å². The molecule has 3 rings (SSSR count). The van der Waals surface area contributed by atoms with Gasteiger partial charge < -0.3 is 0 Å². The van der Waals surface area contributed by atoms with Gasteiger partial charge in [0.1, 0.15) is 16.1 Å². The van der Waals surface area contributed by atoms with Crippen LogP contribution in [0.15, 0.2) is 57.8 Å². The van der Waals surface area contributed by atoms with Gasteiger partial charge in [-0.05, 0) is 46.5 Å². The van der Waals surface area contributed by atoms with Crippen LogP contribution in [0.2, 0.25) is 0 Å². The zero-order chi connectivity index (χ0) is 18.7. The average Bonchev–Trinajstić information content (AvgIpc) is 2.64. The van der Waals surface area contributed by atoms with Crippen LogP contribution < -0.4 is 5.56 Å². The summed E-state index contributed by atoms with van der Waals surface area (Å²) in [4.78, 5) is 17.2. The first-order valence-corrected chi connectivity index (χ1v) is 9.40. The molecule has 26 heavy (non-hydrogen) atoms. The summed E-state index contributed by atoms with van der Waals surface area (Å²) in [6.07, 6.45) is 1.59. The predicted octanol–water partition coefficient (Wildman–Crippen LogP) is 5.12. The summed E-state index contributed by atoms with van der Waals surface area (Å²) in [5.41, 5.74) is 2.67. The maximum Gasteiger partial charge on any atom is 0.268 e. The van der Waals surface area contributed by atoms with Gasteiger partial charge in [0.15, 0.2) is 0 Å². The quantitative estimate of drug-likeness (QED) is 0.580. The van der Waals surface area contributed by atoms with E-state index < -0.39 is 0 Å². The van der Waals surface area contributed by atoms with Crippen LogP contribution in [0.3, 0.4) is 0 Å². The number of rotatable bonds is 5. The standard InChI is InChI=1S/C21H20BrFN2O/c1-3-7-19-24-14(2)20(22)21(26)25(19)13-15-10-11-17(18(23)12-15)16-8-5-4-6-9-16/h4-6,8-12H,3,7,13H2,1-2H3. The largest absolute Gasteiger partial charge is 0.291 e. The van der Waals surface area contributed by atoms with Gasteiger partial charge >= 0.3 is 0 Å². The van der Waals surface area contributed by atoms with Gasteiger partial charge in [-0.3, -0.25) is 9.36 Å². The molecule has 0 unspecified atom stereocenters. The monoisotopic (exact) mass is 414 g/mol. The molecule has 3 nitrogen and oxygen atoms in total. The number of aromatic nitrogens is 2. The van der Waals surface area contributed by atoms with E-state index in [0.717, 1.165) is 23.4 Å². The van der Waals surface area contributed by atoms with E-state index in [0.29, 0.717) is 28.7 Å². The minimum absolute atomic E-state index is 0.131. The fourth-order valence-corrected chi connectivity index (χ4v) is 3.27. The van der Waals surface area contributed by atoms with Crippen molar-refractivity contribution in [1.82, 2.24) is 9.55 Å². The summed E-state index contributed by atoms with van der Waals surface area (Å²) in [5, 5.41) is 0. The fraction of sp³-hybridized carbons (Fsp3) is 0.238. The van der Waals surface area contributed by atoms with Crippen molar-refractivity contribution in [2.45, 2.75) is 33.2 Å². The Morgan fingerprint density at radius 3 is 2.54 bits per heavy atom. The van der Waals surface area contributed by atoms with E-state index in [1.165, 1.54) is 6.07 Å². The molecule has 0 aliphatic heterocycles. The molecule has 0 atom stereocenters. The molecular formula is C21H20BrFN2O. The van der Waals surface area contributed by atoms with Crippen molar-refractivity contribution in [3.8, 4) is 11.1 Å². The van der Waals surface area contributed by atoms with Gasteiger partial charge in [0, 0.05) is 12.0 Å². The highest BCUT2D eigenvalue weighted by Gasteiger charge is 2.13. The van der Waals surface area contributed by atoms with Crippen molar-refractivity contribution in [2.24, 2.45) is 0 Å². The molecule has 0 bridgehead atoms. The molecule has 0 radical (unpaired) electrons. The first-order valence-electron chi connectivity index (χ1n) is 8.61. The summed E-state index contributed by atoms with van der Waals surface area (Å²) in [6, 6.07) is 14.6. The number of halogens is 2. The van der Waals surface area contributed by atoms with E-state index in [4.69, 9.17) is 0 Å². The van der Waals surface area contributed by atoms with Gasteiger partial charge in [-0.1, -0.05) is 49.4 Å². The second-order valence-electron chi connectivity index (χ2n) is 6.25. The van der Waals surface area contributed by atoms with E-state index in [1.807, 2.05) is 50.2 Å². The number of benzene rings is 2. The Hall–Kier alpha value is -2.27. The Morgan fingerprint density at radius 2 is 1.88 bits per heavy atom. The third-order valence-electron chi connectivity index (χ3n) is 4.29. The Labute approximate surface area is 160 Å². The molecule has 0 N–H and O–H groups in total. The summed E-state index contributed by atoms with van der Waals surface area (Å²) < 4.78 is 16.7. The lowest BCUT2D eigenvalue weighted by molar-refractivity contribution is 0.617. The molecule has 1 aromatic heterocycles. The molecule has 2 aromatic carbocycles. The van der Waals surface area contributed by atoms with Crippen molar-refractivity contribution in [3.05, 3.63) is 86.3 Å². The van der Waals surface area contributed by atoms with Crippen LogP contribution in [0.25, 0.3) is 11.1 Å². The Balaban J connectivity index is 1.99. The third-order valence-corrected chi connectivity index (χ3v) is 5.20. The molecule has 0 saturated heterocycles. The van der Waals surface area contributed by atoms with Crippen LogP contribution >= 0.6 is 15.9 Å². The second-order valence-corrected chi connectivity index (χ2v) is 7.04. The molecule has 0 aliphatic carbocycles. The maximum absolute atomic E-state index is 14.6. The van der Waals surface area contributed by atoms with Gasteiger partial charge in [0.25, 0.3) is 5.56 Å². The van der Waals surface area contributed by atoms with Crippen LogP contribution in [-0.4, -0.2) is 9.55 Å². The van der Waals surface area contributed by atoms with Crippen molar-refractivity contribution in [2.75, 3.05) is 0 Å². The van der Waals surface area contributed by atoms with Crippen LogP contribution in [0.1, 0.15) is 30.4 Å². The highest BCUT2D eigenvalue weighted by Crippen LogP contribution is 2.24. The Morgan fingerprint density at radius 1 is 1.15 bits per heavy atom. The van der Waals surface area contributed by atoms with Gasteiger partial charge in [0.05, 0.1) is 12.2 Å². The smallest absolute Gasteiger partial charge is 0.268 e. The normalized spacial score (nSPS) is 10.9. The molecule has 0 saturated carbocycles. The number of aryl methyl sites for hydroxylation is 2. The number of hydrogen-bond donors (Lipinski definition) is 0. The Kier molecular flexibility index (Phi) is 5.67. The molecule has 134 valence electrons. The van der Waals surface area contributed by atoms with Crippen LogP contribution in [0.4, 0.5) is 4.39 Å². The summed E-state index contributed by atoms with van der Waals surface area (Å²) >= 11 is 3.32. The van der Waals surface area contributed by atoms with E-state index in [1.54, 1.807) is 10.6 Å². The van der Waals surface area contributed by atoms with Crippen LogP contribution in [-0.2, 0) is 13.0 Å². The molecule has 5 heteroatoms. The lowest BCUT2D eigenvalue weighted by Gasteiger charge is -2.14. The van der Waals surface area contributed by atoms with Crippen molar-refractivity contribution < 1.29 is 4.39 Å². The second kappa shape index (κ2) is 7.96. The van der Waals surface area contributed by atoms with Gasteiger partial charge in [-0.2, -0.15) is 0 Å². The molecule has 0 fully saturated rings. The molecule has 0 aliphatic rings. The Bertz CT molecular complexity index is 983. The summed E-state index contributed by atoms with van der Waals surface area (Å²) in [6.45, 7) is 4.15. The van der Waals surface area contributed by atoms with Crippen molar-refractivity contribution in [1.29, 1.82) is 0 Å². The summed E-state index contributed by atoms with van der Waals surface area (Å²) in [5.74, 6) is 0.434. The average molecular weight is 415 g/mol. The van der Waals surface area contributed by atoms with Crippen LogP contribution in [0.5, 0.6) is 0 Å². The lowest BCUT2D eigenvalue weighted by atomic mass is 10.0. The molecule has 0 spiro atoms. The summed E-state index contributed by atoms with van der Waals surface area (Å²) in [7, 11) is 0. The lowest BCUT2D eigenvalue weighted by Crippen LogP contribution is -2.27. The van der Waals surface area contributed by atoms with Crippen LogP contribution in [0, 0.1) is 12.7 Å². The predicted molar refractivity (Wildman–Crippen MR) is 106 cm³/mol. The highest BCUT2D eigenvalue weighted by atomic mass is 79.9. The molecular weight excluding hydrogens is 395 g/mol. The van der Waals surface area contributed by atoms with E-state index in [-0.39, 0.29) is 11.4 Å². The molecule has 3 aromatic rings. The van der Waals surface area contributed by atoms with E-state index in [9.17, 15) is 9.18 Å². The van der Waals surface area contributed by atoms with Crippen molar-refractivity contribution >= 4 is 15.9 Å². The zero-order valence-corrected chi connectivity index (χ0v) is 16.4. The minimum Gasteiger partial charge on any atom is -0.291 e. The topological polar surface area (TPSA) is 34.9 Å². The number of hydrogen-bond acceptors (Lipinski definition) is 2. The first kappa shape index (κ1) is 18.5. The van der Waals surface area contributed by atoms with E-state index in [2.05, 4.69) is 20.9 Å². The fourth-order valence-electron chi connectivity index (χ4n) is 2.96. The van der Waals surface area contributed by atoms with E-state index >= 15 is 0 Å². The third kappa shape index (κ3) is 3.78. The SMILES string of the molecule is CCCc1nc(C)c(Br)c(=O)n1Cc1ccc(-c2ccccc2)c(F)c1. The van der Waals surface area contributed by atoms with Gasteiger partial charge in [-0.25, -0.2) is 9.37 Å². The zero-order valence-electron chi connectivity index (χ0n) is 14.8. The van der Waals surface area contributed by atoms with Gasteiger partial charge in [-0.15, -0.1) is 0 Å². The molecule has 0 amide bonds. The minimum atomic E-state index is -0.294. The van der Waals surface area contributed by atoms with Crippen molar-refractivity contribution in [3.63, 3.8) is 0 Å². The molecule has 1 heterocycles. The first-order chi connectivity index (χ1) is 12.5. The number of nitrogens with zero attached hydrogens (tertiary/aromatic N) is 2.